The van der Waals surface area contributed by atoms with E-state index in [1.165, 1.54) is 46.9 Å². The monoisotopic (exact) mass is 806 g/mol. The molecule has 1 N–H and O–H groups in total. The highest BCUT2D eigenvalue weighted by Gasteiger charge is 2.31. The summed E-state index contributed by atoms with van der Waals surface area (Å²) in [6, 6.07) is 6.43. The molecule has 0 radical (unpaired) electrons. The normalized spacial score (nSPS) is 16.1. The van der Waals surface area contributed by atoms with Crippen molar-refractivity contribution in [1.29, 1.82) is 0 Å². The Balaban J connectivity index is 0.000000159. The number of fused-ring (bicyclic) bond motifs is 2. The number of nitrogens with zero attached hydrogens (tertiary/aromatic N) is 9. The van der Waals surface area contributed by atoms with Gasteiger partial charge in [-0.1, -0.05) is 11.6 Å². The molecule has 8 heterocycles. The van der Waals surface area contributed by atoms with Crippen molar-refractivity contribution in [3.63, 3.8) is 0 Å². The van der Waals surface area contributed by atoms with Crippen LogP contribution in [0.2, 0.25) is 5.15 Å². The first-order chi connectivity index (χ1) is 27.6. The van der Waals surface area contributed by atoms with Crippen LogP contribution < -0.4 is 19.7 Å². The zero-order valence-electron chi connectivity index (χ0n) is 31.7. The van der Waals surface area contributed by atoms with E-state index in [-0.39, 0.29) is 24.5 Å². The van der Waals surface area contributed by atoms with Crippen LogP contribution in [0.15, 0.2) is 61.4 Å². The first-order valence-corrected chi connectivity index (χ1v) is 18.6. The van der Waals surface area contributed by atoms with Crippen molar-refractivity contribution in [2.24, 2.45) is 0 Å². The maximum atomic E-state index is 13.8. The topological polar surface area (TPSA) is 172 Å². The van der Waals surface area contributed by atoms with E-state index < -0.39 is 17.8 Å². The average molecular weight is 807 g/mol. The molecule has 57 heavy (non-hydrogen) atoms. The molecule has 0 unspecified atom stereocenters. The fraction of sp³-hybridized carbons (Fsp3) is 0.368. The Morgan fingerprint density at radius 3 is 1.96 bits per heavy atom. The smallest absolute Gasteiger partial charge is 0.343 e. The van der Waals surface area contributed by atoms with Gasteiger partial charge in [-0.25, -0.2) is 47.3 Å². The van der Waals surface area contributed by atoms with Gasteiger partial charge in [0.2, 0.25) is 11.8 Å². The number of hydrogen-bond acceptors (Lipinski definition) is 14. The Bertz CT molecular complexity index is 2340. The minimum absolute atomic E-state index is 0.123. The summed E-state index contributed by atoms with van der Waals surface area (Å²) in [4.78, 5) is 42.3. The third kappa shape index (κ3) is 9.35. The first-order valence-electron chi connectivity index (χ1n) is 18.2. The van der Waals surface area contributed by atoms with Gasteiger partial charge in [0.15, 0.2) is 11.3 Å². The SMILES string of the molecule is CCOC(=O)c1cnn2ccc(Cl)nc12.CCOC(=O)c1cnn2ccc(N3CCC[C@@H]3c3cc(F)cnc3OC)nc12.COc1ncc(F)cc1[C@H]1CCCN1. The Labute approximate surface area is 331 Å². The molecule has 0 aliphatic carbocycles. The quantitative estimate of drug-likeness (QED) is 0.133. The van der Waals surface area contributed by atoms with Crippen molar-refractivity contribution in [3.05, 3.63) is 100 Å². The van der Waals surface area contributed by atoms with Crippen molar-refractivity contribution >= 4 is 40.7 Å². The predicted molar refractivity (Wildman–Crippen MR) is 204 cm³/mol. The summed E-state index contributed by atoms with van der Waals surface area (Å²) < 4.78 is 50.2. The van der Waals surface area contributed by atoms with E-state index in [4.69, 9.17) is 30.5 Å². The molecule has 2 saturated heterocycles. The molecule has 2 aliphatic heterocycles. The number of halogens is 3. The minimum atomic E-state index is -0.462. The van der Waals surface area contributed by atoms with Crippen molar-refractivity contribution in [2.75, 3.05) is 45.4 Å². The molecule has 2 aliphatic rings. The third-order valence-electron chi connectivity index (χ3n) is 9.10. The first kappa shape index (κ1) is 40.6. The standard InChI is InChI=1S/C19H20FN5O3.C10H13FN2O.C9H8ClN3O2/c1-3-28-19(26)14-11-22-25-8-6-16(23-17(14)25)24-7-4-5-15(24)13-9-12(20)10-21-18(13)27-2;1-14-10-8(5-7(11)6-13-10)9-3-2-4-12-9;1-2-15-9(14)6-5-11-13-4-3-7(10)12-8(6)13/h6,8-11,15H,3-5,7H2,1-2H3;5-6,9,12H,2-4H2,1H3;3-5H,2H2,1H3/t15-;9-;/m11./s1. The zero-order valence-corrected chi connectivity index (χ0v) is 32.4. The van der Waals surface area contributed by atoms with Gasteiger partial charge in [-0.3, -0.25) is 0 Å². The molecule has 0 amide bonds. The summed E-state index contributed by atoms with van der Waals surface area (Å²) in [5, 5.41) is 11.7. The van der Waals surface area contributed by atoms with E-state index in [0.29, 0.717) is 57.3 Å². The van der Waals surface area contributed by atoms with Crippen LogP contribution in [0.5, 0.6) is 11.8 Å². The minimum Gasteiger partial charge on any atom is -0.481 e. The lowest BCUT2D eigenvalue weighted by Crippen LogP contribution is -2.24. The van der Waals surface area contributed by atoms with E-state index >= 15 is 0 Å². The van der Waals surface area contributed by atoms with Gasteiger partial charge in [-0.15, -0.1) is 0 Å². The molecule has 0 aromatic carbocycles. The van der Waals surface area contributed by atoms with E-state index in [1.807, 2.05) is 6.07 Å². The summed E-state index contributed by atoms with van der Waals surface area (Å²) in [5.41, 5.74) is 2.96. The second-order valence-corrected chi connectivity index (χ2v) is 13.0. The number of aromatic nitrogens is 8. The lowest BCUT2D eigenvalue weighted by atomic mass is 10.1. The average Bonchev–Trinajstić information content (AvgIpc) is 4.05. The van der Waals surface area contributed by atoms with Gasteiger partial charge in [0, 0.05) is 36.1 Å². The molecule has 0 spiro atoms. The number of nitrogens with one attached hydrogen (secondary N) is 1. The van der Waals surface area contributed by atoms with E-state index in [9.17, 15) is 18.4 Å². The molecule has 6 aromatic heterocycles. The number of anilines is 1. The van der Waals surface area contributed by atoms with Crippen LogP contribution in [0, 0.1) is 11.6 Å². The van der Waals surface area contributed by atoms with Gasteiger partial charge in [-0.2, -0.15) is 10.2 Å². The molecule has 2 fully saturated rings. The van der Waals surface area contributed by atoms with Crippen LogP contribution in [0.3, 0.4) is 0 Å². The van der Waals surface area contributed by atoms with Gasteiger partial charge in [0.25, 0.3) is 0 Å². The van der Waals surface area contributed by atoms with Gasteiger partial charge in [-0.05, 0) is 70.3 Å². The van der Waals surface area contributed by atoms with Crippen LogP contribution in [0.4, 0.5) is 14.6 Å². The summed E-state index contributed by atoms with van der Waals surface area (Å²) in [6.45, 7) is 5.80. The third-order valence-corrected chi connectivity index (χ3v) is 9.31. The number of carbonyl (C=O) groups excluding carboxylic acids is 2. The molecular weight excluding hydrogens is 766 g/mol. The lowest BCUT2D eigenvalue weighted by Gasteiger charge is -2.26. The van der Waals surface area contributed by atoms with Crippen molar-refractivity contribution in [2.45, 2.75) is 51.6 Å². The highest BCUT2D eigenvalue weighted by atomic mass is 35.5. The highest BCUT2D eigenvalue weighted by Crippen LogP contribution is 2.39. The Morgan fingerprint density at radius 1 is 0.807 bits per heavy atom. The molecule has 19 heteroatoms. The molecule has 8 rings (SSSR count). The number of rotatable bonds is 9. The summed E-state index contributed by atoms with van der Waals surface area (Å²) >= 11 is 5.72. The fourth-order valence-corrected chi connectivity index (χ4v) is 6.74. The number of ether oxygens (including phenoxy) is 4. The summed E-state index contributed by atoms with van der Waals surface area (Å²) in [7, 11) is 3.07. The number of esters is 2. The number of pyridine rings is 2. The predicted octanol–water partition coefficient (Wildman–Crippen LogP) is 6.00. The highest BCUT2D eigenvalue weighted by molar-refractivity contribution is 6.29. The Kier molecular flexibility index (Phi) is 13.4. The number of carbonyl (C=O) groups is 2. The lowest BCUT2D eigenvalue weighted by molar-refractivity contribution is 0.0518. The van der Waals surface area contributed by atoms with Gasteiger partial charge in [0.1, 0.15) is 33.7 Å². The van der Waals surface area contributed by atoms with E-state index in [2.05, 4.69) is 40.3 Å². The molecule has 0 saturated carbocycles. The van der Waals surface area contributed by atoms with Crippen LogP contribution in [0.1, 0.15) is 83.5 Å². The van der Waals surface area contributed by atoms with Crippen LogP contribution in [-0.4, -0.2) is 91.6 Å². The maximum Gasteiger partial charge on any atom is 0.343 e. The molecule has 300 valence electrons. The second kappa shape index (κ2) is 18.8. The van der Waals surface area contributed by atoms with Gasteiger partial charge in [0.05, 0.1) is 58.3 Å². The van der Waals surface area contributed by atoms with Crippen molar-refractivity contribution < 1.29 is 37.3 Å². The molecule has 16 nitrogen and oxygen atoms in total. The Morgan fingerprint density at radius 2 is 1.39 bits per heavy atom. The molecule has 0 bridgehead atoms. The van der Waals surface area contributed by atoms with E-state index in [1.54, 1.807) is 39.4 Å². The molecular formula is C38H41ClF2N10O6. The second-order valence-electron chi connectivity index (χ2n) is 12.6. The van der Waals surface area contributed by atoms with Crippen molar-refractivity contribution in [1.82, 2.24) is 44.5 Å². The van der Waals surface area contributed by atoms with E-state index in [0.717, 1.165) is 50.5 Å². The van der Waals surface area contributed by atoms with Gasteiger partial charge < -0.3 is 29.2 Å². The van der Waals surface area contributed by atoms with Gasteiger partial charge >= 0.3 is 11.9 Å². The Hall–Kier alpha value is -6.01. The number of methoxy groups -OCH3 is 2. The summed E-state index contributed by atoms with van der Waals surface area (Å²) in [6.07, 6.45) is 12.4. The maximum absolute atomic E-state index is 13.8. The molecule has 6 aromatic rings. The number of hydrogen-bond donors (Lipinski definition) is 1. The zero-order chi connectivity index (χ0) is 40.5. The van der Waals surface area contributed by atoms with Crippen LogP contribution in [0.25, 0.3) is 11.3 Å². The summed E-state index contributed by atoms with van der Waals surface area (Å²) in [5.74, 6) is -0.0338. The van der Waals surface area contributed by atoms with Crippen LogP contribution >= 0.6 is 11.6 Å². The van der Waals surface area contributed by atoms with Crippen molar-refractivity contribution in [3.8, 4) is 11.8 Å². The molecule has 2 atom stereocenters. The fourth-order valence-electron chi connectivity index (χ4n) is 6.60. The van der Waals surface area contributed by atoms with Crippen LogP contribution in [-0.2, 0) is 9.47 Å². The largest absolute Gasteiger partial charge is 0.481 e.